The van der Waals surface area contributed by atoms with Gasteiger partial charge in [-0.25, -0.2) is 4.98 Å². The monoisotopic (exact) mass is 334 g/mol. The van der Waals surface area contributed by atoms with Crippen molar-refractivity contribution in [1.29, 1.82) is 0 Å². The number of anilines is 1. The molecule has 1 N–H and O–H groups in total. The number of thiazole rings is 1. The molecule has 0 aliphatic carbocycles. The van der Waals surface area contributed by atoms with Crippen molar-refractivity contribution in [2.45, 2.75) is 6.42 Å². The molecule has 1 aliphatic heterocycles. The van der Waals surface area contributed by atoms with Gasteiger partial charge in [-0.3, -0.25) is 9.59 Å². The van der Waals surface area contributed by atoms with Crippen molar-refractivity contribution in [2.24, 2.45) is 0 Å². The van der Waals surface area contributed by atoms with Gasteiger partial charge in [0.15, 0.2) is 10.9 Å². The van der Waals surface area contributed by atoms with E-state index in [-0.39, 0.29) is 11.8 Å². The lowest BCUT2D eigenvalue weighted by atomic mass is 10.2. The molecule has 0 unspecified atom stereocenters. The second kappa shape index (κ2) is 6.82. The van der Waals surface area contributed by atoms with Crippen molar-refractivity contribution in [2.75, 3.05) is 38.5 Å². The summed E-state index contributed by atoms with van der Waals surface area (Å²) in [4.78, 5) is 32.3. The first-order valence-corrected chi connectivity index (χ1v) is 8.28. The SMILES string of the molecule is CNc1nc(CC(=O)N2CCN(C(=O)c3ccco3)CC2)cs1. The van der Waals surface area contributed by atoms with Crippen molar-refractivity contribution >= 4 is 28.3 Å². The Hall–Kier alpha value is -2.35. The van der Waals surface area contributed by atoms with E-state index in [4.69, 9.17) is 4.42 Å². The molecular weight excluding hydrogens is 316 g/mol. The van der Waals surface area contributed by atoms with Gasteiger partial charge in [0, 0.05) is 38.6 Å². The van der Waals surface area contributed by atoms with Crippen molar-refractivity contribution in [1.82, 2.24) is 14.8 Å². The van der Waals surface area contributed by atoms with E-state index in [2.05, 4.69) is 10.3 Å². The second-order valence-electron chi connectivity index (χ2n) is 5.22. The molecule has 1 fully saturated rings. The summed E-state index contributed by atoms with van der Waals surface area (Å²) in [5.41, 5.74) is 0.776. The lowest BCUT2D eigenvalue weighted by Gasteiger charge is -2.34. The number of carbonyl (C=O) groups excluding carboxylic acids is 2. The van der Waals surface area contributed by atoms with E-state index in [0.29, 0.717) is 38.4 Å². The molecule has 122 valence electrons. The fourth-order valence-electron chi connectivity index (χ4n) is 2.48. The summed E-state index contributed by atoms with van der Waals surface area (Å²) in [5.74, 6) is 0.259. The van der Waals surface area contributed by atoms with Gasteiger partial charge < -0.3 is 19.5 Å². The highest BCUT2D eigenvalue weighted by atomic mass is 32.1. The first-order valence-electron chi connectivity index (χ1n) is 7.40. The Morgan fingerprint density at radius 3 is 2.65 bits per heavy atom. The summed E-state index contributed by atoms with van der Waals surface area (Å²) in [6.45, 7) is 2.11. The standard InChI is InChI=1S/C15H18N4O3S/c1-16-15-17-11(10-23-15)9-13(20)18-4-6-19(7-5-18)14(21)12-3-2-8-22-12/h2-3,8,10H,4-7,9H2,1H3,(H,16,17). The molecule has 1 saturated heterocycles. The Bertz CT molecular complexity index is 675. The number of amides is 2. The van der Waals surface area contributed by atoms with Crippen LogP contribution in [-0.2, 0) is 11.2 Å². The van der Waals surface area contributed by atoms with Crippen LogP contribution in [0, 0.1) is 0 Å². The van der Waals surface area contributed by atoms with Crippen molar-refractivity contribution in [3.63, 3.8) is 0 Å². The average molecular weight is 334 g/mol. The Morgan fingerprint density at radius 2 is 2.04 bits per heavy atom. The van der Waals surface area contributed by atoms with Crippen LogP contribution in [-0.4, -0.2) is 59.8 Å². The number of aromatic nitrogens is 1. The zero-order chi connectivity index (χ0) is 16.2. The molecule has 0 saturated carbocycles. The first-order chi connectivity index (χ1) is 11.2. The van der Waals surface area contributed by atoms with Crippen LogP contribution in [0.1, 0.15) is 16.2 Å². The van der Waals surface area contributed by atoms with E-state index in [0.717, 1.165) is 10.8 Å². The van der Waals surface area contributed by atoms with Crippen LogP contribution in [0.3, 0.4) is 0 Å². The van der Waals surface area contributed by atoms with Gasteiger partial charge in [0.1, 0.15) is 0 Å². The zero-order valence-electron chi connectivity index (χ0n) is 12.8. The van der Waals surface area contributed by atoms with E-state index < -0.39 is 0 Å². The van der Waals surface area contributed by atoms with Crippen LogP contribution >= 0.6 is 11.3 Å². The minimum atomic E-state index is -0.125. The Labute approximate surface area is 137 Å². The van der Waals surface area contributed by atoms with Gasteiger partial charge >= 0.3 is 0 Å². The Balaban J connectivity index is 1.52. The summed E-state index contributed by atoms with van der Waals surface area (Å²) < 4.78 is 5.13. The number of furan rings is 1. The smallest absolute Gasteiger partial charge is 0.289 e. The van der Waals surface area contributed by atoms with Crippen molar-refractivity contribution in [3.05, 3.63) is 35.2 Å². The van der Waals surface area contributed by atoms with Crippen LogP contribution in [0.15, 0.2) is 28.2 Å². The summed E-state index contributed by atoms with van der Waals surface area (Å²) in [5, 5.41) is 5.66. The first kappa shape index (κ1) is 15.5. The highest BCUT2D eigenvalue weighted by molar-refractivity contribution is 7.13. The quantitative estimate of drug-likeness (QED) is 0.912. The largest absolute Gasteiger partial charge is 0.459 e. The fraction of sp³-hybridized carbons (Fsp3) is 0.400. The number of hydrogen-bond acceptors (Lipinski definition) is 6. The van der Waals surface area contributed by atoms with E-state index in [1.54, 1.807) is 29.0 Å². The van der Waals surface area contributed by atoms with Gasteiger partial charge in [0.2, 0.25) is 5.91 Å². The lowest BCUT2D eigenvalue weighted by molar-refractivity contribution is -0.132. The molecule has 1 aliphatic rings. The van der Waals surface area contributed by atoms with Crippen LogP contribution < -0.4 is 5.32 Å². The number of nitrogens with one attached hydrogen (secondary N) is 1. The number of nitrogens with zero attached hydrogens (tertiary/aromatic N) is 3. The third kappa shape index (κ3) is 3.53. The molecule has 8 heteroatoms. The minimum absolute atomic E-state index is 0.0445. The Morgan fingerprint density at radius 1 is 1.30 bits per heavy atom. The average Bonchev–Trinajstić information content (AvgIpc) is 3.26. The van der Waals surface area contributed by atoms with E-state index >= 15 is 0 Å². The summed E-state index contributed by atoms with van der Waals surface area (Å²) in [6, 6.07) is 3.35. The topological polar surface area (TPSA) is 78.7 Å². The van der Waals surface area contributed by atoms with E-state index in [1.807, 2.05) is 5.38 Å². The summed E-state index contributed by atoms with van der Waals surface area (Å²) in [6.07, 6.45) is 1.78. The molecule has 23 heavy (non-hydrogen) atoms. The van der Waals surface area contributed by atoms with Crippen LogP contribution in [0.25, 0.3) is 0 Å². The predicted molar refractivity (Wildman–Crippen MR) is 86.6 cm³/mol. The van der Waals surface area contributed by atoms with Gasteiger partial charge in [-0.05, 0) is 12.1 Å². The fourth-order valence-corrected chi connectivity index (χ4v) is 3.16. The van der Waals surface area contributed by atoms with Crippen LogP contribution in [0.2, 0.25) is 0 Å². The molecule has 2 amide bonds. The van der Waals surface area contributed by atoms with Gasteiger partial charge in [-0.2, -0.15) is 0 Å². The molecule has 0 bridgehead atoms. The maximum atomic E-state index is 12.3. The summed E-state index contributed by atoms with van der Waals surface area (Å²) >= 11 is 1.48. The molecule has 0 atom stereocenters. The molecule has 0 aromatic carbocycles. The number of carbonyl (C=O) groups is 2. The normalized spacial score (nSPS) is 14.8. The third-order valence-electron chi connectivity index (χ3n) is 3.75. The molecular formula is C15H18N4O3S. The van der Waals surface area contributed by atoms with Crippen LogP contribution in [0.4, 0.5) is 5.13 Å². The molecule has 3 rings (SSSR count). The number of hydrogen-bond donors (Lipinski definition) is 1. The zero-order valence-corrected chi connectivity index (χ0v) is 13.6. The minimum Gasteiger partial charge on any atom is -0.459 e. The summed E-state index contributed by atoms with van der Waals surface area (Å²) in [7, 11) is 1.81. The van der Waals surface area contributed by atoms with E-state index in [9.17, 15) is 9.59 Å². The molecule has 0 spiro atoms. The lowest BCUT2D eigenvalue weighted by Crippen LogP contribution is -2.50. The highest BCUT2D eigenvalue weighted by Crippen LogP contribution is 2.16. The van der Waals surface area contributed by atoms with Gasteiger partial charge in [-0.15, -0.1) is 11.3 Å². The van der Waals surface area contributed by atoms with E-state index in [1.165, 1.54) is 17.6 Å². The van der Waals surface area contributed by atoms with Crippen molar-refractivity contribution in [3.8, 4) is 0 Å². The second-order valence-corrected chi connectivity index (χ2v) is 6.08. The highest BCUT2D eigenvalue weighted by Gasteiger charge is 2.26. The molecule has 2 aromatic rings. The van der Waals surface area contributed by atoms with Gasteiger partial charge in [0.25, 0.3) is 5.91 Å². The number of rotatable bonds is 4. The maximum absolute atomic E-state index is 12.3. The number of piperazine rings is 1. The van der Waals surface area contributed by atoms with Gasteiger partial charge in [-0.1, -0.05) is 0 Å². The maximum Gasteiger partial charge on any atom is 0.289 e. The molecule has 2 aromatic heterocycles. The third-order valence-corrected chi connectivity index (χ3v) is 4.66. The molecule has 0 radical (unpaired) electrons. The van der Waals surface area contributed by atoms with Gasteiger partial charge in [0.05, 0.1) is 18.4 Å². The molecule has 7 nitrogen and oxygen atoms in total. The predicted octanol–water partition coefficient (Wildman–Crippen LogP) is 1.30. The Kier molecular flexibility index (Phi) is 4.61. The molecule has 3 heterocycles. The van der Waals surface area contributed by atoms with Crippen molar-refractivity contribution < 1.29 is 14.0 Å². The van der Waals surface area contributed by atoms with Crippen LogP contribution in [0.5, 0.6) is 0 Å².